The molecule has 0 radical (unpaired) electrons. The van der Waals surface area contributed by atoms with Gasteiger partial charge in [0.25, 0.3) is 0 Å². The van der Waals surface area contributed by atoms with Gasteiger partial charge in [-0.25, -0.2) is 8.42 Å². The van der Waals surface area contributed by atoms with Gasteiger partial charge in [0.15, 0.2) is 0 Å². The van der Waals surface area contributed by atoms with E-state index in [2.05, 4.69) is 5.32 Å². The van der Waals surface area contributed by atoms with Crippen LogP contribution in [0.4, 0.5) is 0 Å². The predicted molar refractivity (Wildman–Crippen MR) is 69.5 cm³/mol. The summed E-state index contributed by atoms with van der Waals surface area (Å²) in [6, 6.07) is 5.73. The summed E-state index contributed by atoms with van der Waals surface area (Å²) in [5.41, 5.74) is 1.91. The van der Waals surface area contributed by atoms with Crippen molar-refractivity contribution in [3.05, 3.63) is 34.2 Å². The molecule has 1 aromatic rings. The second-order valence-electron chi connectivity index (χ2n) is 4.34. The molecule has 17 heavy (non-hydrogen) atoms. The molecular formula is C13H17NO2S. The van der Waals surface area contributed by atoms with Crippen molar-refractivity contribution in [3.63, 3.8) is 0 Å². The zero-order valence-electron chi connectivity index (χ0n) is 10.2. The van der Waals surface area contributed by atoms with Gasteiger partial charge in [0.05, 0.1) is 4.90 Å². The van der Waals surface area contributed by atoms with E-state index in [0.717, 1.165) is 30.5 Å². The van der Waals surface area contributed by atoms with Gasteiger partial charge < -0.3 is 5.32 Å². The molecule has 3 nitrogen and oxygen atoms in total. The topological polar surface area (TPSA) is 46.2 Å². The van der Waals surface area contributed by atoms with Crippen LogP contribution in [0.15, 0.2) is 28.0 Å². The largest absolute Gasteiger partial charge is 0.320 e. The van der Waals surface area contributed by atoms with E-state index in [9.17, 15) is 8.42 Å². The number of hydrogen-bond donors (Lipinski definition) is 1. The average Bonchev–Trinajstić information content (AvgIpc) is 2.51. The lowest BCUT2D eigenvalue weighted by Gasteiger charge is -2.05. The summed E-state index contributed by atoms with van der Waals surface area (Å²) in [5, 5.41) is 3.09. The molecule has 0 spiro atoms. The molecule has 0 aromatic heterocycles. The van der Waals surface area contributed by atoms with Crippen LogP contribution in [-0.2, 0) is 16.3 Å². The molecular weight excluding hydrogens is 234 g/mol. The van der Waals surface area contributed by atoms with Gasteiger partial charge in [-0.15, -0.1) is 0 Å². The minimum Gasteiger partial charge on any atom is -0.320 e. The summed E-state index contributed by atoms with van der Waals surface area (Å²) in [7, 11) is -1.27. The normalized spacial score (nSPS) is 16.7. The van der Waals surface area contributed by atoms with E-state index in [0.29, 0.717) is 9.80 Å². The van der Waals surface area contributed by atoms with Gasteiger partial charge in [0, 0.05) is 4.91 Å². The SMILES string of the molecule is CNCCCc1ccc2c(c1)S(=O)(=O)C(C)=C2. The first-order valence-electron chi connectivity index (χ1n) is 5.76. The highest BCUT2D eigenvalue weighted by Crippen LogP contribution is 2.33. The van der Waals surface area contributed by atoms with E-state index in [1.165, 1.54) is 0 Å². The Hall–Kier alpha value is -1.13. The lowest BCUT2D eigenvalue weighted by molar-refractivity contribution is 0.603. The molecule has 92 valence electrons. The number of aryl methyl sites for hydroxylation is 1. The Morgan fingerprint density at radius 3 is 2.76 bits per heavy atom. The van der Waals surface area contributed by atoms with E-state index in [1.54, 1.807) is 13.0 Å². The van der Waals surface area contributed by atoms with Crippen LogP contribution in [0.1, 0.15) is 24.5 Å². The fraction of sp³-hybridized carbons (Fsp3) is 0.385. The van der Waals surface area contributed by atoms with Crippen LogP contribution in [-0.4, -0.2) is 22.0 Å². The van der Waals surface area contributed by atoms with Crippen molar-refractivity contribution in [2.45, 2.75) is 24.7 Å². The molecule has 0 bridgehead atoms. The lowest BCUT2D eigenvalue weighted by atomic mass is 10.1. The molecule has 0 amide bonds. The second-order valence-corrected chi connectivity index (χ2v) is 6.43. The molecule has 1 N–H and O–H groups in total. The van der Waals surface area contributed by atoms with Crippen LogP contribution >= 0.6 is 0 Å². The highest BCUT2D eigenvalue weighted by Gasteiger charge is 2.26. The van der Waals surface area contributed by atoms with Gasteiger partial charge in [0.1, 0.15) is 0 Å². The Morgan fingerprint density at radius 1 is 1.29 bits per heavy atom. The Morgan fingerprint density at radius 2 is 2.06 bits per heavy atom. The lowest BCUT2D eigenvalue weighted by Crippen LogP contribution is -2.08. The standard InChI is InChI=1S/C13H17NO2S/c1-10-8-12-6-5-11(4-3-7-14-2)9-13(12)17(10,15)16/h5-6,8-9,14H,3-4,7H2,1-2H3. The number of rotatable bonds is 4. The molecule has 1 heterocycles. The van der Waals surface area contributed by atoms with Crippen LogP contribution in [0, 0.1) is 0 Å². The van der Waals surface area contributed by atoms with Crippen molar-refractivity contribution in [3.8, 4) is 0 Å². The number of benzene rings is 1. The van der Waals surface area contributed by atoms with Gasteiger partial charge in [-0.1, -0.05) is 12.1 Å². The number of allylic oxidation sites excluding steroid dienone is 1. The second kappa shape index (κ2) is 4.63. The molecule has 1 aliphatic rings. The molecule has 1 aliphatic heterocycles. The van der Waals surface area contributed by atoms with Gasteiger partial charge in [0.2, 0.25) is 9.84 Å². The third-order valence-electron chi connectivity index (χ3n) is 3.04. The number of fused-ring (bicyclic) bond motifs is 1. The smallest absolute Gasteiger partial charge is 0.203 e. The van der Waals surface area contributed by atoms with Gasteiger partial charge in [-0.2, -0.15) is 0 Å². The first-order chi connectivity index (χ1) is 8.05. The van der Waals surface area contributed by atoms with Crippen molar-refractivity contribution >= 4 is 15.9 Å². The van der Waals surface area contributed by atoms with Crippen molar-refractivity contribution < 1.29 is 8.42 Å². The first kappa shape index (κ1) is 12.3. The molecule has 0 unspecified atom stereocenters. The molecule has 2 rings (SSSR count). The van der Waals surface area contributed by atoms with Crippen LogP contribution in [0.3, 0.4) is 0 Å². The van der Waals surface area contributed by atoms with Crippen LogP contribution in [0.2, 0.25) is 0 Å². The highest BCUT2D eigenvalue weighted by molar-refractivity contribution is 7.95. The highest BCUT2D eigenvalue weighted by atomic mass is 32.2. The van der Waals surface area contributed by atoms with Crippen molar-refractivity contribution in [1.29, 1.82) is 0 Å². The van der Waals surface area contributed by atoms with E-state index in [1.807, 2.05) is 25.2 Å². The van der Waals surface area contributed by atoms with E-state index < -0.39 is 9.84 Å². The maximum Gasteiger partial charge on any atom is 0.203 e. The van der Waals surface area contributed by atoms with Gasteiger partial charge >= 0.3 is 0 Å². The van der Waals surface area contributed by atoms with Crippen molar-refractivity contribution in [2.75, 3.05) is 13.6 Å². The number of sulfone groups is 1. The first-order valence-corrected chi connectivity index (χ1v) is 7.25. The minimum absolute atomic E-state index is 0.444. The molecule has 0 aliphatic carbocycles. The third kappa shape index (κ3) is 2.28. The summed E-state index contributed by atoms with van der Waals surface area (Å²) >= 11 is 0. The molecule has 4 heteroatoms. The zero-order chi connectivity index (χ0) is 12.5. The van der Waals surface area contributed by atoms with Crippen molar-refractivity contribution in [1.82, 2.24) is 5.32 Å². The fourth-order valence-electron chi connectivity index (χ4n) is 2.03. The van der Waals surface area contributed by atoms with Gasteiger partial charge in [-0.3, -0.25) is 0 Å². The Bertz CT molecular complexity index is 559. The Labute approximate surface area is 102 Å². The molecule has 0 saturated heterocycles. The Balaban J connectivity index is 2.27. The minimum atomic E-state index is -3.19. The summed E-state index contributed by atoms with van der Waals surface area (Å²) < 4.78 is 24.0. The van der Waals surface area contributed by atoms with Crippen LogP contribution in [0.5, 0.6) is 0 Å². The van der Waals surface area contributed by atoms with Crippen molar-refractivity contribution in [2.24, 2.45) is 0 Å². The Kier molecular flexibility index (Phi) is 3.35. The van der Waals surface area contributed by atoms with Crippen LogP contribution in [0.25, 0.3) is 6.08 Å². The fourth-order valence-corrected chi connectivity index (χ4v) is 3.40. The predicted octanol–water partition coefficient (Wildman–Crippen LogP) is 1.99. The van der Waals surface area contributed by atoms with E-state index in [-0.39, 0.29) is 0 Å². The molecule has 0 atom stereocenters. The summed E-state index contributed by atoms with van der Waals surface area (Å²) in [4.78, 5) is 0.914. The number of nitrogens with one attached hydrogen (secondary N) is 1. The molecule has 0 saturated carbocycles. The maximum atomic E-state index is 12.0. The molecule has 0 fully saturated rings. The molecule has 1 aromatic carbocycles. The number of hydrogen-bond acceptors (Lipinski definition) is 3. The maximum absolute atomic E-state index is 12.0. The van der Waals surface area contributed by atoms with E-state index in [4.69, 9.17) is 0 Å². The quantitative estimate of drug-likeness (QED) is 0.832. The summed E-state index contributed by atoms with van der Waals surface area (Å²) in [6.45, 7) is 2.59. The van der Waals surface area contributed by atoms with E-state index >= 15 is 0 Å². The summed E-state index contributed by atoms with van der Waals surface area (Å²) in [5.74, 6) is 0. The van der Waals surface area contributed by atoms with Crippen LogP contribution < -0.4 is 5.32 Å². The zero-order valence-corrected chi connectivity index (χ0v) is 11.0. The summed E-state index contributed by atoms with van der Waals surface area (Å²) in [6.07, 6.45) is 3.66. The average molecular weight is 251 g/mol. The monoisotopic (exact) mass is 251 g/mol. The van der Waals surface area contributed by atoms with Gasteiger partial charge in [-0.05, 0) is 56.6 Å². The third-order valence-corrected chi connectivity index (χ3v) is 4.94.